The van der Waals surface area contributed by atoms with Crippen molar-refractivity contribution >= 4 is 17.3 Å². The maximum absolute atomic E-state index is 4.69. The van der Waals surface area contributed by atoms with Gasteiger partial charge in [0.15, 0.2) is 5.96 Å². The Hall–Kier alpha value is -1.92. The molecule has 3 rings (SSSR count). The van der Waals surface area contributed by atoms with Crippen LogP contribution in [0, 0.1) is 6.92 Å². The van der Waals surface area contributed by atoms with Gasteiger partial charge in [0.05, 0.1) is 6.54 Å². The summed E-state index contributed by atoms with van der Waals surface area (Å²) in [6, 6.07) is 11.3. The molecule has 1 aromatic heterocycles. The van der Waals surface area contributed by atoms with Gasteiger partial charge < -0.3 is 10.6 Å². The predicted octanol–water partition coefficient (Wildman–Crippen LogP) is 3.17. The van der Waals surface area contributed by atoms with E-state index in [0.29, 0.717) is 12.6 Å². The van der Waals surface area contributed by atoms with E-state index in [-0.39, 0.29) is 0 Å². The number of hydrogen-bond acceptors (Lipinski definition) is 4. The third-order valence-electron chi connectivity index (χ3n) is 4.62. The monoisotopic (exact) mass is 371 g/mol. The number of benzene rings is 1. The summed E-state index contributed by atoms with van der Waals surface area (Å²) >= 11 is 1.71. The van der Waals surface area contributed by atoms with Crippen molar-refractivity contribution in [2.75, 3.05) is 19.6 Å². The highest BCUT2D eigenvalue weighted by atomic mass is 32.1. The van der Waals surface area contributed by atoms with Gasteiger partial charge in [-0.1, -0.05) is 30.3 Å². The van der Waals surface area contributed by atoms with Crippen molar-refractivity contribution in [3.8, 4) is 0 Å². The molecule has 0 aliphatic carbocycles. The molecule has 5 nitrogen and oxygen atoms in total. The highest BCUT2D eigenvalue weighted by Crippen LogP contribution is 2.19. The molecule has 140 valence electrons. The predicted molar refractivity (Wildman–Crippen MR) is 110 cm³/mol. The van der Waals surface area contributed by atoms with Crippen molar-refractivity contribution in [2.24, 2.45) is 4.99 Å². The second-order valence-corrected chi connectivity index (χ2v) is 8.01. The summed E-state index contributed by atoms with van der Waals surface area (Å²) in [5, 5.41) is 7.94. The zero-order chi connectivity index (χ0) is 18.2. The van der Waals surface area contributed by atoms with Gasteiger partial charge in [0.25, 0.3) is 0 Å². The maximum Gasteiger partial charge on any atom is 0.191 e. The van der Waals surface area contributed by atoms with Crippen LogP contribution in [0.1, 0.15) is 35.2 Å². The molecular weight excluding hydrogens is 342 g/mol. The fourth-order valence-electron chi connectivity index (χ4n) is 3.33. The zero-order valence-electron chi connectivity index (χ0n) is 15.7. The second kappa shape index (κ2) is 9.69. The molecule has 2 heterocycles. The maximum atomic E-state index is 4.69. The highest BCUT2D eigenvalue weighted by Gasteiger charge is 2.24. The van der Waals surface area contributed by atoms with Gasteiger partial charge in [-0.25, -0.2) is 9.98 Å². The Bertz CT molecular complexity index is 697. The van der Waals surface area contributed by atoms with Crippen molar-refractivity contribution in [1.82, 2.24) is 20.5 Å². The first kappa shape index (κ1) is 18.9. The third-order valence-corrected chi connectivity index (χ3v) is 5.52. The fourth-order valence-corrected chi connectivity index (χ4v) is 4.04. The fraction of sp³-hybridized carbons (Fsp3) is 0.500. The smallest absolute Gasteiger partial charge is 0.191 e. The summed E-state index contributed by atoms with van der Waals surface area (Å²) in [5.41, 5.74) is 1.39. The number of aromatic nitrogens is 1. The minimum atomic E-state index is 0.557. The van der Waals surface area contributed by atoms with Crippen molar-refractivity contribution in [3.63, 3.8) is 0 Å². The van der Waals surface area contributed by atoms with Crippen molar-refractivity contribution in [1.29, 1.82) is 0 Å². The minimum Gasteiger partial charge on any atom is -0.357 e. The van der Waals surface area contributed by atoms with Crippen LogP contribution in [0.15, 0.2) is 41.5 Å². The topological polar surface area (TPSA) is 52.6 Å². The summed E-state index contributed by atoms with van der Waals surface area (Å²) in [4.78, 5) is 12.9. The number of likely N-dealkylation sites (tertiary alicyclic amines) is 1. The number of rotatable bonds is 7. The Labute approximate surface area is 160 Å². The summed E-state index contributed by atoms with van der Waals surface area (Å²) in [6.45, 7) is 8.80. The molecule has 1 fully saturated rings. The molecule has 1 atom stereocenters. The molecule has 0 spiro atoms. The lowest BCUT2D eigenvalue weighted by Gasteiger charge is -2.25. The number of nitrogens with zero attached hydrogens (tertiary/aromatic N) is 3. The molecule has 6 heteroatoms. The second-order valence-electron chi connectivity index (χ2n) is 6.69. The van der Waals surface area contributed by atoms with Gasteiger partial charge in [0.2, 0.25) is 0 Å². The van der Waals surface area contributed by atoms with Crippen molar-refractivity contribution in [2.45, 2.75) is 45.8 Å². The molecule has 1 unspecified atom stereocenters. The molecule has 2 aromatic rings. The normalized spacial score (nSPS) is 18.2. The Balaban J connectivity index is 1.53. The van der Waals surface area contributed by atoms with E-state index >= 15 is 0 Å². The minimum absolute atomic E-state index is 0.557. The van der Waals surface area contributed by atoms with E-state index in [0.717, 1.165) is 30.6 Å². The van der Waals surface area contributed by atoms with Gasteiger partial charge in [-0.2, -0.15) is 0 Å². The van der Waals surface area contributed by atoms with Gasteiger partial charge >= 0.3 is 0 Å². The molecular formula is C20H29N5S. The van der Waals surface area contributed by atoms with Gasteiger partial charge in [0, 0.05) is 36.8 Å². The average Bonchev–Trinajstić information content (AvgIpc) is 3.27. The molecule has 1 aromatic carbocycles. The molecule has 0 amide bonds. The van der Waals surface area contributed by atoms with E-state index in [4.69, 9.17) is 4.99 Å². The van der Waals surface area contributed by atoms with Crippen LogP contribution < -0.4 is 10.6 Å². The molecule has 0 saturated carbocycles. The van der Waals surface area contributed by atoms with Crippen LogP contribution in [0.3, 0.4) is 0 Å². The number of thiazole rings is 1. The van der Waals surface area contributed by atoms with E-state index in [1.807, 2.05) is 6.20 Å². The molecule has 1 aliphatic rings. The van der Waals surface area contributed by atoms with Crippen LogP contribution in [0.4, 0.5) is 0 Å². The van der Waals surface area contributed by atoms with Crippen LogP contribution in [0.5, 0.6) is 0 Å². The van der Waals surface area contributed by atoms with Gasteiger partial charge in [-0.05, 0) is 38.8 Å². The Morgan fingerprint density at radius 2 is 2.15 bits per heavy atom. The number of hydrogen-bond donors (Lipinski definition) is 2. The largest absolute Gasteiger partial charge is 0.357 e. The number of guanidine groups is 1. The molecule has 2 N–H and O–H groups in total. The first-order valence-electron chi connectivity index (χ1n) is 9.46. The van der Waals surface area contributed by atoms with Gasteiger partial charge in [0.1, 0.15) is 5.01 Å². The number of aliphatic imine (C=N–C) groups is 1. The van der Waals surface area contributed by atoms with Crippen LogP contribution in [-0.2, 0) is 13.1 Å². The summed E-state index contributed by atoms with van der Waals surface area (Å²) < 4.78 is 0. The SMILES string of the molecule is CCNC(=NCc1ncc(C)s1)NCC1CCCN1Cc1ccccc1. The molecule has 0 bridgehead atoms. The lowest BCUT2D eigenvalue weighted by atomic mass is 10.2. The van der Waals surface area contributed by atoms with E-state index < -0.39 is 0 Å². The van der Waals surface area contributed by atoms with Crippen LogP contribution in [0.25, 0.3) is 0 Å². The number of aryl methyl sites for hydroxylation is 1. The molecule has 1 saturated heterocycles. The quantitative estimate of drug-likeness (QED) is 0.580. The van der Waals surface area contributed by atoms with Gasteiger partial charge in [-0.3, -0.25) is 4.90 Å². The van der Waals surface area contributed by atoms with Crippen LogP contribution in [-0.4, -0.2) is 41.5 Å². The van der Waals surface area contributed by atoms with E-state index in [9.17, 15) is 0 Å². The Kier molecular flexibility index (Phi) is 7.03. The highest BCUT2D eigenvalue weighted by molar-refractivity contribution is 7.11. The van der Waals surface area contributed by atoms with Crippen molar-refractivity contribution in [3.05, 3.63) is 52.0 Å². The van der Waals surface area contributed by atoms with E-state index in [1.54, 1.807) is 11.3 Å². The zero-order valence-corrected chi connectivity index (χ0v) is 16.6. The summed E-state index contributed by atoms with van der Waals surface area (Å²) in [7, 11) is 0. The van der Waals surface area contributed by atoms with Crippen LogP contribution >= 0.6 is 11.3 Å². The van der Waals surface area contributed by atoms with Crippen molar-refractivity contribution < 1.29 is 0 Å². The standard InChI is InChI=1S/C20H29N5S/c1-3-21-20(24-14-19-22-12-16(2)26-19)23-13-18-10-7-11-25(18)15-17-8-5-4-6-9-17/h4-6,8-9,12,18H,3,7,10-11,13-15H2,1-2H3,(H2,21,23,24). The first-order valence-corrected chi connectivity index (χ1v) is 10.3. The summed E-state index contributed by atoms with van der Waals surface area (Å²) in [5.74, 6) is 0.881. The van der Waals surface area contributed by atoms with E-state index in [1.165, 1.54) is 29.8 Å². The molecule has 26 heavy (non-hydrogen) atoms. The number of nitrogens with one attached hydrogen (secondary N) is 2. The third kappa shape index (κ3) is 5.54. The van der Waals surface area contributed by atoms with Crippen LogP contribution in [0.2, 0.25) is 0 Å². The Morgan fingerprint density at radius 1 is 1.31 bits per heavy atom. The lowest BCUT2D eigenvalue weighted by Crippen LogP contribution is -2.44. The average molecular weight is 372 g/mol. The molecule has 0 radical (unpaired) electrons. The van der Waals surface area contributed by atoms with Gasteiger partial charge in [-0.15, -0.1) is 11.3 Å². The first-order chi connectivity index (χ1) is 12.7. The van der Waals surface area contributed by atoms with E-state index in [2.05, 4.69) is 64.7 Å². The molecule has 1 aliphatic heterocycles. The lowest BCUT2D eigenvalue weighted by molar-refractivity contribution is 0.245. The summed E-state index contributed by atoms with van der Waals surface area (Å²) in [6.07, 6.45) is 4.42. The Morgan fingerprint density at radius 3 is 2.88 bits per heavy atom.